The van der Waals surface area contributed by atoms with Crippen LogP contribution in [-0.4, -0.2) is 11.9 Å². The van der Waals surface area contributed by atoms with Gasteiger partial charge in [0.05, 0.1) is 0 Å². The van der Waals surface area contributed by atoms with E-state index in [1.807, 2.05) is 6.07 Å². The molecule has 0 atom stereocenters. The number of nitrogens with one attached hydrogen (secondary N) is 1. The quantitative estimate of drug-likeness (QED) is 0.519. The molecule has 0 radical (unpaired) electrons. The van der Waals surface area contributed by atoms with Crippen LogP contribution in [0.4, 0.5) is 5.69 Å². The molecule has 2 aromatic rings. The van der Waals surface area contributed by atoms with E-state index >= 15 is 0 Å². The first-order chi connectivity index (χ1) is 10.2. The SMILES string of the molecule is O=C(CC(=O)O[n+]1ccccc1CCl)Nc1ccccc1. The highest BCUT2D eigenvalue weighted by molar-refractivity contribution is 6.16. The van der Waals surface area contributed by atoms with Gasteiger partial charge >= 0.3 is 5.97 Å². The molecule has 0 saturated heterocycles. The lowest BCUT2D eigenvalue weighted by Crippen LogP contribution is -2.49. The first kappa shape index (κ1) is 15.0. The van der Waals surface area contributed by atoms with Crippen molar-refractivity contribution in [3.05, 3.63) is 60.4 Å². The van der Waals surface area contributed by atoms with E-state index in [1.165, 1.54) is 4.73 Å². The number of benzene rings is 1. The summed E-state index contributed by atoms with van der Waals surface area (Å²) in [5, 5.41) is 2.61. The maximum Gasteiger partial charge on any atom is 0.389 e. The van der Waals surface area contributed by atoms with Gasteiger partial charge in [0.1, 0.15) is 12.3 Å². The second-order valence-electron chi connectivity index (χ2n) is 4.21. The summed E-state index contributed by atoms with van der Waals surface area (Å²) in [7, 11) is 0. The van der Waals surface area contributed by atoms with Crippen molar-refractivity contribution < 1.29 is 19.2 Å². The van der Waals surface area contributed by atoms with Gasteiger partial charge in [-0.25, -0.2) is 4.79 Å². The Morgan fingerprint density at radius 2 is 1.81 bits per heavy atom. The molecular weight excluding hydrogens is 292 g/mol. The Morgan fingerprint density at radius 3 is 2.52 bits per heavy atom. The summed E-state index contributed by atoms with van der Waals surface area (Å²) in [4.78, 5) is 28.5. The molecule has 21 heavy (non-hydrogen) atoms. The molecule has 108 valence electrons. The number of amides is 1. The molecule has 5 nitrogen and oxygen atoms in total. The number of alkyl halides is 1. The van der Waals surface area contributed by atoms with Gasteiger partial charge < -0.3 is 5.32 Å². The monoisotopic (exact) mass is 305 g/mol. The number of rotatable bonds is 5. The van der Waals surface area contributed by atoms with Crippen LogP contribution in [0.3, 0.4) is 0 Å². The number of para-hydroxylation sites is 1. The van der Waals surface area contributed by atoms with Crippen molar-refractivity contribution in [1.82, 2.24) is 0 Å². The zero-order valence-corrected chi connectivity index (χ0v) is 11.9. The Bertz CT molecular complexity index is 632. The van der Waals surface area contributed by atoms with Crippen molar-refractivity contribution in [3.8, 4) is 0 Å². The van der Waals surface area contributed by atoms with Gasteiger partial charge in [0, 0.05) is 22.6 Å². The minimum Gasteiger partial charge on any atom is -0.326 e. The van der Waals surface area contributed by atoms with Crippen LogP contribution in [0.1, 0.15) is 12.1 Å². The summed E-state index contributed by atoms with van der Waals surface area (Å²) < 4.78 is 1.26. The molecule has 0 spiro atoms. The van der Waals surface area contributed by atoms with Crippen molar-refractivity contribution in [2.75, 3.05) is 5.32 Å². The summed E-state index contributed by atoms with van der Waals surface area (Å²) >= 11 is 5.74. The molecule has 1 amide bonds. The normalized spacial score (nSPS) is 9.95. The predicted molar refractivity (Wildman–Crippen MR) is 77.5 cm³/mol. The number of carbonyl (C=O) groups is 2. The smallest absolute Gasteiger partial charge is 0.326 e. The van der Waals surface area contributed by atoms with Crippen molar-refractivity contribution in [3.63, 3.8) is 0 Å². The fourth-order valence-electron chi connectivity index (χ4n) is 1.66. The summed E-state index contributed by atoms with van der Waals surface area (Å²) in [6, 6.07) is 14.1. The standard InChI is InChI=1S/C15H13ClN2O3/c16-11-13-8-4-5-9-18(13)21-15(20)10-14(19)17-12-6-2-1-3-7-12/h1-9H,10-11H2/p+1. The molecule has 1 N–H and O–H groups in total. The minimum absolute atomic E-state index is 0.199. The van der Waals surface area contributed by atoms with Crippen LogP contribution in [0.2, 0.25) is 0 Å². The summed E-state index contributed by atoms with van der Waals surface area (Å²) in [6.45, 7) is 0. The van der Waals surface area contributed by atoms with Crippen molar-refractivity contribution in [2.24, 2.45) is 0 Å². The largest absolute Gasteiger partial charge is 0.389 e. The number of halogens is 1. The van der Waals surface area contributed by atoms with Crippen LogP contribution in [0.15, 0.2) is 54.7 Å². The summed E-state index contributed by atoms with van der Waals surface area (Å²) in [6.07, 6.45) is 1.18. The van der Waals surface area contributed by atoms with Gasteiger partial charge in [-0.15, -0.1) is 11.6 Å². The molecule has 0 aliphatic carbocycles. The third kappa shape index (κ3) is 4.57. The Balaban J connectivity index is 1.91. The average molecular weight is 306 g/mol. The zero-order valence-electron chi connectivity index (χ0n) is 11.2. The number of aromatic nitrogens is 1. The number of carbonyl (C=O) groups excluding carboxylic acids is 2. The Labute approximate surface area is 127 Å². The zero-order chi connectivity index (χ0) is 15.1. The van der Waals surface area contributed by atoms with Crippen LogP contribution in [0, 0.1) is 0 Å². The third-order valence-corrected chi connectivity index (χ3v) is 2.88. The van der Waals surface area contributed by atoms with E-state index in [0.29, 0.717) is 11.4 Å². The molecule has 6 heteroatoms. The Morgan fingerprint density at radius 1 is 1.10 bits per heavy atom. The van der Waals surface area contributed by atoms with E-state index in [0.717, 1.165) is 0 Å². The number of hydrogen-bond donors (Lipinski definition) is 1. The molecule has 1 aromatic carbocycles. The number of anilines is 1. The lowest BCUT2D eigenvalue weighted by atomic mass is 10.3. The lowest BCUT2D eigenvalue weighted by Gasteiger charge is -2.03. The number of hydrogen-bond acceptors (Lipinski definition) is 3. The van der Waals surface area contributed by atoms with E-state index < -0.39 is 11.9 Å². The molecule has 0 aliphatic heterocycles. The Kier molecular flexibility index (Phi) is 5.29. The summed E-state index contributed by atoms with van der Waals surface area (Å²) in [5.74, 6) is -0.897. The van der Waals surface area contributed by atoms with Crippen molar-refractivity contribution >= 4 is 29.2 Å². The van der Waals surface area contributed by atoms with E-state index in [-0.39, 0.29) is 12.3 Å². The van der Waals surface area contributed by atoms with Crippen molar-refractivity contribution in [2.45, 2.75) is 12.3 Å². The van der Waals surface area contributed by atoms with Gasteiger partial charge in [-0.3, -0.25) is 4.79 Å². The molecule has 1 aromatic heterocycles. The van der Waals surface area contributed by atoms with E-state index in [1.54, 1.807) is 48.7 Å². The van der Waals surface area contributed by atoms with E-state index in [4.69, 9.17) is 16.4 Å². The first-order valence-corrected chi connectivity index (χ1v) is 6.84. The van der Waals surface area contributed by atoms with E-state index in [9.17, 15) is 9.59 Å². The topological polar surface area (TPSA) is 59.3 Å². The molecule has 0 unspecified atom stereocenters. The van der Waals surface area contributed by atoms with Crippen LogP contribution in [0.5, 0.6) is 0 Å². The maximum absolute atomic E-state index is 11.7. The fraction of sp³-hybridized carbons (Fsp3) is 0.133. The van der Waals surface area contributed by atoms with Gasteiger partial charge in [-0.1, -0.05) is 18.2 Å². The molecule has 0 fully saturated rings. The number of pyridine rings is 1. The molecular formula is C15H14ClN2O3+. The maximum atomic E-state index is 11.7. The molecule has 1 heterocycles. The van der Waals surface area contributed by atoms with Crippen LogP contribution >= 0.6 is 11.6 Å². The van der Waals surface area contributed by atoms with Gasteiger partial charge in [-0.2, -0.15) is 4.84 Å². The third-order valence-electron chi connectivity index (χ3n) is 2.60. The fourth-order valence-corrected chi connectivity index (χ4v) is 1.86. The number of nitrogens with zero attached hydrogens (tertiary/aromatic N) is 1. The van der Waals surface area contributed by atoms with Crippen LogP contribution in [0.25, 0.3) is 0 Å². The second kappa shape index (κ2) is 7.40. The van der Waals surface area contributed by atoms with Gasteiger partial charge in [0.2, 0.25) is 17.8 Å². The van der Waals surface area contributed by atoms with Crippen LogP contribution in [-0.2, 0) is 15.5 Å². The second-order valence-corrected chi connectivity index (χ2v) is 4.47. The molecule has 0 bridgehead atoms. The predicted octanol–water partition coefficient (Wildman–Crippen LogP) is 1.70. The lowest BCUT2D eigenvalue weighted by molar-refractivity contribution is -0.874. The Hall–Kier alpha value is -2.40. The highest BCUT2D eigenvalue weighted by atomic mass is 35.5. The van der Waals surface area contributed by atoms with Crippen LogP contribution < -0.4 is 14.9 Å². The van der Waals surface area contributed by atoms with Gasteiger partial charge in [0.25, 0.3) is 0 Å². The molecule has 2 rings (SSSR count). The van der Waals surface area contributed by atoms with Gasteiger partial charge in [-0.05, 0) is 18.2 Å². The average Bonchev–Trinajstić information content (AvgIpc) is 2.48. The first-order valence-electron chi connectivity index (χ1n) is 6.30. The van der Waals surface area contributed by atoms with Crippen molar-refractivity contribution in [1.29, 1.82) is 0 Å². The van der Waals surface area contributed by atoms with E-state index in [2.05, 4.69) is 5.32 Å². The summed E-state index contributed by atoms with van der Waals surface area (Å²) in [5.41, 5.74) is 1.25. The van der Waals surface area contributed by atoms with Gasteiger partial charge in [0.15, 0.2) is 0 Å². The minimum atomic E-state index is -0.661. The highest BCUT2D eigenvalue weighted by Gasteiger charge is 2.19. The highest BCUT2D eigenvalue weighted by Crippen LogP contribution is 2.05. The molecule has 0 saturated carbocycles. The molecule has 0 aliphatic rings.